The Hall–Kier alpha value is -0.740. The first kappa shape index (κ1) is 11.3. The molecule has 0 aromatic heterocycles. The van der Waals surface area contributed by atoms with Crippen molar-refractivity contribution >= 4 is 34.0 Å². The highest BCUT2D eigenvalue weighted by Gasteiger charge is 1.96. The van der Waals surface area contributed by atoms with E-state index in [9.17, 15) is 0 Å². The molecule has 1 aromatic rings. The Balaban J connectivity index is 2.59. The van der Waals surface area contributed by atoms with E-state index in [1.165, 1.54) is 11.8 Å². The van der Waals surface area contributed by atoms with E-state index in [1.807, 2.05) is 37.4 Å². The van der Waals surface area contributed by atoms with Gasteiger partial charge in [0.15, 0.2) is 0 Å². The second kappa shape index (κ2) is 5.88. The van der Waals surface area contributed by atoms with E-state index >= 15 is 0 Å². The molecule has 0 bridgehead atoms. The third kappa shape index (κ3) is 3.55. The van der Waals surface area contributed by atoms with E-state index in [0.717, 1.165) is 15.8 Å². The van der Waals surface area contributed by atoms with Crippen LogP contribution in [0, 0.1) is 0 Å². The molecule has 0 aliphatic rings. The summed E-state index contributed by atoms with van der Waals surface area (Å²) in [7, 11) is 0. The molecule has 0 heterocycles. The third-order valence-electron chi connectivity index (χ3n) is 1.60. The van der Waals surface area contributed by atoms with Crippen LogP contribution in [0.5, 0.6) is 5.75 Å². The SMILES string of the molecule is CCOc1ccc(NC(=S)SC)cc1. The fourth-order valence-electron chi connectivity index (χ4n) is 0.970. The number of hydrogen-bond donors (Lipinski definition) is 1. The maximum absolute atomic E-state index is 5.33. The van der Waals surface area contributed by atoms with Crippen LogP contribution < -0.4 is 10.1 Å². The van der Waals surface area contributed by atoms with Crippen molar-refractivity contribution in [3.8, 4) is 5.75 Å². The summed E-state index contributed by atoms with van der Waals surface area (Å²) >= 11 is 6.57. The van der Waals surface area contributed by atoms with E-state index in [2.05, 4.69) is 5.32 Å². The van der Waals surface area contributed by atoms with Crippen LogP contribution in [0.25, 0.3) is 0 Å². The van der Waals surface area contributed by atoms with Crippen molar-refractivity contribution < 1.29 is 4.74 Å². The van der Waals surface area contributed by atoms with Crippen LogP contribution in [-0.4, -0.2) is 17.2 Å². The van der Waals surface area contributed by atoms with Gasteiger partial charge in [0.05, 0.1) is 6.61 Å². The topological polar surface area (TPSA) is 21.3 Å². The number of hydrogen-bond acceptors (Lipinski definition) is 3. The predicted molar refractivity (Wildman–Crippen MR) is 67.3 cm³/mol. The summed E-state index contributed by atoms with van der Waals surface area (Å²) in [5.74, 6) is 0.883. The number of rotatable bonds is 3. The van der Waals surface area contributed by atoms with Gasteiger partial charge in [-0.15, -0.1) is 11.8 Å². The highest BCUT2D eigenvalue weighted by atomic mass is 32.2. The Bertz CT molecular complexity index is 297. The summed E-state index contributed by atoms with van der Waals surface area (Å²) in [6.07, 6.45) is 1.95. The average molecular weight is 227 g/mol. The third-order valence-corrected chi connectivity index (χ3v) is 2.67. The van der Waals surface area contributed by atoms with Gasteiger partial charge in [-0.3, -0.25) is 0 Å². The molecule has 0 saturated carbocycles. The second-order valence-electron chi connectivity index (χ2n) is 2.57. The Kier molecular flexibility index (Phi) is 4.76. The molecular weight excluding hydrogens is 214 g/mol. The lowest BCUT2D eigenvalue weighted by Gasteiger charge is -2.06. The van der Waals surface area contributed by atoms with Crippen molar-refractivity contribution in [3.63, 3.8) is 0 Å². The zero-order valence-corrected chi connectivity index (χ0v) is 9.87. The summed E-state index contributed by atoms with van der Waals surface area (Å²) in [4.78, 5) is 0. The van der Waals surface area contributed by atoms with Gasteiger partial charge >= 0.3 is 0 Å². The number of thioether (sulfide) groups is 1. The molecule has 14 heavy (non-hydrogen) atoms. The van der Waals surface area contributed by atoms with Crippen LogP contribution in [0.2, 0.25) is 0 Å². The molecule has 0 fully saturated rings. The van der Waals surface area contributed by atoms with Crippen molar-refractivity contribution in [2.45, 2.75) is 6.92 Å². The summed E-state index contributed by atoms with van der Waals surface area (Å²) in [5.41, 5.74) is 0.993. The number of anilines is 1. The first-order valence-corrected chi connectivity index (χ1v) is 5.97. The largest absolute Gasteiger partial charge is 0.494 e. The molecule has 0 atom stereocenters. The van der Waals surface area contributed by atoms with Crippen LogP contribution in [0.4, 0.5) is 5.69 Å². The zero-order valence-electron chi connectivity index (χ0n) is 8.24. The minimum atomic E-state index is 0.690. The zero-order chi connectivity index (χ0) is 10.4. The van der Waals surface area contributed by atoms with Crippen LogP contribution in [0.15, 0.2) is 24.3 Å². The molecule has 1 aromatic carbocycles. The predicted octanol–water partition coefficient (Wildman–Crippen LogP) is 3.15. The number of nitrogens with one attached hydrogen (secondary N) is 1. The normalized spacial score (nSPS) is 9.57. The molecule has 0 saturated heterocycles. The van der Waals surface area contributed by atoms with Gasteiger partial charge in [-0.25, -0.2) is 0 Å². The first-order valence-electron chi connectivity index (χ1n) is 4.34. The lowest BCUT2D eigenvalue weighted by Crippen LogP contribution is -2.03. The molecule has 0 aliphatic heterocycles. The Morgan fingerprint density at radius 2 is 2.07 bits per heavy atom. The molecule has 4 heteroatoms. The molecule has 76 valence electrons. The highest BCUT2D eigenvalue weighted by Crippen LogP contribution is 2.16. The number of ether oxygens (including phenoxy) is 1. The smallest absolute Gasteiger partial charge is 0.137 e. The Morgan fingerprint density at radius 1 is 1.43 bits per heavy atom. The van der Waals surface area contributed by atoms with E-state index in [4.69, 9.17) is 17.0 Å². The number of benzene rings is 1. The molecule has 0 unspecified atom stereocenters. The van der Waals surface area contributed by atoms with E-state index in [0.29, 0.717) is 6.61 Å². The molecule has 0 radical (unpaired) electrons. The van der Waals surface area contributed by atoms with Crippen molar-refractivity contribution in [3.05, 3.63) is 24.3 Å². The van der Waals surface area contributed by atoms with Crippen LogP contribution in [0.1, 0.15) is 6.92 Å². The van der Waals surface area contributed by atoms with Gasteiger partial charge < -0.3 is 10.1 Å². The molecule has 1 rings (SSSR count). The van der Waals surface area contributed by atoms with Gasteiger partial charge in [-0.2, -0.15) is 0 Å². The van der Waals surface area contributed by atoms with Gasteiger partial charge in [-0.05, 0) is 37.4 Å². The maximum atomic E-state index is 5.33. The summed E-state index contributed by atoms with van der Waals surface area (Å²) < 4.78 is 6.10. The van der Waals surface area contributed by atoms with E-state index in [-0.39, 0.29) is 0 Å². The molecule has 2 nitrogen and oxygen atoms in total. The average Bonchev–Trinajstić information content (AvgIpc) is 2.21. The summed E-state index contributed by atoms with van der Waals surface area (Å²) in [6, 6.07) is 7.75. The van der Waals surface area contributed by atoms with Gasteiger partial charge in [-0.1, -0.05) is 12.2 Å². The van der Waals surface area contributed by atoms with E-state index in [1.54, 1.807) is 0 Å². The Morgan fingerprint density at radius 3 is 2.57 bits per heavy atom. The molecular formula is C10H13NOS2. The van der Waals surface area contributed by atoms with Crippen molar-refractivity contribution in [2.75, 3.05) is 18.2 Å². The molecule has 0 spiro atoms. The molecule has 1 N–H and O–H groups in total. The lowest BCUT2D eigenvalue weighted by atomic mass is 10.3. The number of thiocarbonyl (C=S) groups is 1. The summed E-state index contributed by atoms with van der Waals surface area (Å²) in [5, 5.41) is 3.10. The van der Waals surface area contributed by atoms with Crippen LogP contribution >= 0.6 is 24.0 Å². The monoisotopic (exact) mass is 227 g/mol. The van der Waals surface area contributed by atoms with E-state index < -0.39 is 0 Å². The van der Waals surface area contributed by atoms with Crippen molar-refractivity contribution in [1.29, 1.82) is 0 Å². The van der Waals surface area contributed by atoms with Gasteiger partial charge in [0, 0.05) is 5.69 Å². The van der Waals surface area contributed by atoms with Crippen LogP contribution in [-0.2, 0) is 0 Å². The van der Waals surface area contributed by atoms with Gasteiger partial charge in [0.2, 0.25) is 0 Å². The first-order chi connectivity index (χ1) is 6.76. The quantitative estimate of drug-likeness (QED) is 0.800. The maximum Gasteiger partial charge on any atom is 0.137 e. The summed E-state index contributed by atoms with van der Waals surface area (Å²) in [6.45, 7) is 2.66. The standard InChI is InChI=1S/C10H13NOS2/c1-3-12-9-6-4-8(5-7-9)11-10(13)14-2/h4-7H,3H2,1-2H3,(H,11,13). The van der Waals surface area contributed by atoms with Crippen molar-refractivity contribution in [2.24, 2.45) is 0 Å². The molecule has 0 aliphatic carbocycles. The van der Waals surface area contributed by atoms with Gasteiger partial charge in [0.1, 0.15) is 10.1 Å². The van der Waals surface area contributed by atoms with Gasteiger partial charge in [0.25, 0.3) is 0 Å². The fourth-order valence-corrected chi connectivity index (χ4v) is 1.31. The second-order valence-corrected chi connectivity index (χ2v) is 4.06. The van der Waals surface area contributed by atoms with Crippen LogP contribution in [0.3, 0.4) is 0 Å². The fraction of sp³-hybridized carbons (Fsp3) is 0.300. The highest BCUT2D eigenvalue weighted by molar-refractivity contribution is 8.22. The minimum Gasteiger partial charge on any atom is -0.494 e. The minimum absolute atomic E-state index is 0.690. The molecule has 0 amide bonds. The Labute approximate surface area is 94.0 Å². The lowest BCUT2D eigenvalue weighted by molar-refractivity contribution is 0.340. The van der Waals surface area contributed by atoms with Crippen molar-refractivity contribution in [1.82, 2.24) is 0 Å².